The van der Waals surface area contributed by atoms with Crippen molar-refractivity contribution >= 4 is 15.7 Å². The van der Waals surface area contributed by atoms with Crippen molar-refractivity contribution < 1.29 is 13.2 Å². The maximum Gasteiger partial charge on any atom is 0.272 e. The summed E-state index contributed by atoms with van der Waals surface area (Å²) in [6, 6.07) is 9.78. The SMILES string of the molecule is C[C@@]1(NC(=O)c2nn(-c3ccccc3)c3c2CCC3)CCS(=O)(=O)C1. The standard InChI is InChI=1S/C18H21N3O3S/c1-18(10-11-25(23,24)12-18)19-17(22)16-14-8-5-9-15(14)21(20-16)13-6-3-2-4-7-13/h2-4,6-7H,5,8-12H2,1H3,(H,19,22)/t18-/m1/s1. The average molecular weight is 359 g/mol. The number of sulfone groups is 1. The number of hydrogen-bond donors (Lipinski definition) is 1. The van der Waals surface area contributed by atoms with E-state index in [2.05, 4.69) is 10.4 Å². The molecule has 0 bridgehead atoms. The van der Waals surface area contributed by atoms with Crippen LogP contribution in [0.15, 0.2) is 30.3 Å². The predicted octanol–water partition coefficient (Wildman–Crippen LogP) is 1.67. The van der Waals surface area contributed by atoms with Gasteiger partial charge in [0.2, 0.25) is 0 Å². The fourth-order valence-corrected chi connectivity index (χ4v) is 5.94. The van der Waals surface area contributed by atoms with Gasteiger partial charge in [0.25, 0.3) is 5.91 Å². The van der Waals surface area contributed by atoms with Gasteiger partial charge in [-0.05, 0) is 44.7 Å². The highest BCUT2D eigenvalue weighted by atomic mass is 32.2. The molecule has 1 aromatic heterocycles. The zero-order chi connectivity index (χ0) is 17.7. The third-order valence-electron chi connectivity index (χ3n) is 5.06. The van der Waals surface area contributed by atoms with Gasteiger partial charge in [-0.2, -0.15) is 5.10 Å². The highest BCUT2D eigenvalue weighted by Crippen LogP contribution is 2.29. The lowest BCUT2D eigenvalue weighted by Gasteiger charge is -2.23. The molecule has 7 heteroatoms. The smallest absolute Gasteiger partial charge is 0.272 e. The van der Waals surface area contributed by atoms with E-state index in [0.717, 1.165) is 36.2 Å². The lowest BCUT2D eigenvalue weighted by Crippen LogP contribution is -2.47. The first-order valence-corrected chi connectivity index (χ1v) is 10.4. The van der Waals surface area contributed by atoms with Crippen LogP contribution in [-0.4, -0.2) is 41.2 Å². The molecule has 1 saturated heterocycles. The van der Waals surface area contributed by atoms with Gasteiger partial charge in [-0.25, -0.2) is 13.1 Å². The molecule has 1 N–H and O–H groups in total. The number of rotatable bonds is 3. The molecule has 1 fully saturated rings. The van der Waals surface area contributed by atoms with Crippen molar-refractivity contribution in [3.05, 3.63) is 47.3 Å². The summed E-state index contributed by atoms with van der Waals surface area (Å²) in [6.45, 7) is 1.80. The Balaban J connectivity index is 1.66. The van der Waals surface area contributed by atoms with Gasteiger partial charge in [0.1, 0.15) is 0 Å². The van der Waals surface area contributed by atoms with E-state index in [1.165, 1.54) is 0 Å². The third kappa shape index (κ3) is 2.97. The van der Waals surface area contributed by atoms with E-state index in [1.54, 1.807) is 6.92 Å². The van der Waals surface area contributed by atoms with E-state index in [0.29, 0.717) is 12.1 Å². The van der Waals surface area contributed by atoms with Crippen molar-refractivity contribution in [1.29, 1.82) is 0 Å². The zero-order valence-corrected chi connectivity index (χ0v) is 15.0. The van der Waals surface area contributed by atoms with Gasteiger partial charge in [-0.3, -0.25) is 4.79 Å². The van der Waals surface area contributed by atoms with Gasteiger partial charge in [0.15, 0.2) is 15.5 Å². The van der Waals surface area contributed by atoms with Gasteiger partial charge < -0.3 is 5.32 Å². The first-order valence-electron chi connectivity index (χ1n) is 8.56. The quantitative estimate of drug-likeness (QED) is 0.904. The number of carbonyl (C=O) groups excluding carboxylic acids is 1. The lowest BCUT2D eigenvalue weighted by atomic mass is 10.0. The van der Waals surface area contributed by atoms with E-state index in [-0.39, 0.29) is 17.4 Å². The first kappa shape index (κ1) is 16.3. The molecular weight excluding hydrogens is 338 g/mol. The van der Waals surface area contributed by atoms with Crippen LogP contribution in [0.3, 0.4) is 0 Å². The molecule has 1 aliphatic heterocycles. The lowest BCUT2D eigenvalue weighted by molar-refractivity contribution is 0.0909. The number of benzene rings is 1. The summed E-state index contributed by atoms with van der Waals surface area (Å²) in [5.41, 5.74) is 2.74. The van der Waals surface area contributed by atoms with Crippen molar-refractivity contribution in [2.75, 3.05) is 11.5 Å². The van der Waals surface area contributed by atoms with Crippen LogP contribution < -0.4 is 5.32 Å². The van der Waals surface area contributed by atoms with Crippen molar-refractivity contribution in [3.8, 4) is 5.69 Å². The molecule has 0 unspecified atom stereocenters. The van der Waals surface area contributed by atoms with Gasteiger partial charge in [-0.1, -0.05) is 18.2 Å². The molecule has 1 atom stereocenters. The summed E-state index contributed by atoms with van der Waals surface area (Å²) >= 11 is 0. The second-order valence-electron chi connectivity index (χ2n) is 7.23. The molecule has 2 heterocycles. The Kier molecular flexibility index (Phi) is 3.72. The van der Waals surface area contributed by atoms with Crippen LogP contribution in [0.5, 0.6) is 0 Å². The summed E-state index contributed by atoms with van der Waals surface area (Å²) in [7, 11) is -3.07. The second kappa shape index (κ2) is 5.69. The number of hydrogen-bond acceptors (Lipinski definition) is 4. The van der Waals surface area contributed by atoms with Crippen LogP contribution >= 0.6 is 0 Å². The average Bonchev–Trinajstić information content (AvgIpc) is 3.21. The third-order valence-corrected chi connectivity index (χ3v) is 6.97. The summed E-state index contributed by atoms with van der Waals surface area (Å²) in [4.78, 5) is 12.8. The van der Waals surface area contributed by atoms with Gasteiger partial charge >= 0.3 is 0 Å². The Labute approximate surface area is 147 Å². The molecule has 4 rings (SSSR count). The number of fused-ring (bicyclic) bond motifs is 1. The molecule has 1 aromatic carbocycles. The fraction of sp³-hybridized carbons (Fsp3) is 0.444. The Morgan fingerprint density at radius 1 is 1.24 bits per heavy atom. The van der Waals surface area contributed by atoms with Crippen LogP contribution in [0, 0.1) is 0 Å². The molecule has 6 nitrogen and oxygen atoms in total. The van der Waals surface area contributed by atoms with E-state index < -0.39 is 15.4 Å². The summed E-state index contributed by atoms with van der Waals surface area (Å²) in [6.07, 6.45) is 3.19. The Hall–Kier alpha value is -2.15. The normalized spacial score (nSPS) is 24.2. The minimum Gasteiger partial charge on any atom is -0.344 e. The van der Waals surface area contributed by atoms with Crippen molar-refractivity contribution in [2.45, 2.75) is 38.1 Å². The topological polar surface area (TPSA) is 81.1 Å². The van der Waals surface area contributed by atoms with Crippen LogP contribution in [0.4, 0.5) is 0 Å². The van der Waals surface area contributed by atoms with Crippen LogP contribution in [-0.2, 0) is 22.7 Å². The van der Waals surface area contributed by atoms with Gasteiger partial charge in [-0.15, -0.1) is 0 Å². The number of carbonyl (C=O) groups is 1. The molecule has 0 radical (unpaired) electrons. The first-order chi connectivity index (χ1) is 11.9. The molecular formula is C18H21N3O3S. The molecule has 25 heavy (non-hydrogen) atoms. The number of nitrogens with zero attached hydrogens (tertiary/aromatic N) is 2. The molecule has 0 spiro atoms. The molecule has 2 aromatic rings. The van der Waals surface area contributed by atoms with Crippen molar-refractivity contribution in [3.63, 3.8) is 0 Å². The van der Waals surface area contributed by atoms with Crippen LogP contribution in [0.2, 0.25) is 0 Å². The summed E-state index contributed by atoms with van der Waals surface area (Å²) in [5, 5.41) is 7.49. The van der Waals surface area contributed by atoms with E-state index in [4.69, 9.17) is 0 Å². The highest BCUT2D eigenvalue weighted by Gasteiger charge is 2.40. The van der Waals surface area contributed by atoms with E-state index >= 15 is 0 Å². The molecule has 0 saturated carbocycles. The summed E-state index contributed by atoms with van der Waals surface area (Å²) < 4.78 is 25.4. The van der Waals surface area contributed by atoms with E-state index in [1.807, 2.05) is 35.0 Å². The van der Waals surface area contributed by atoms with Crippen molar-refractivity contribution in [1.82, 2.24) is 15.1 Å². The Morgan fingerprint density at radius 2 is 2.00 bits per heavy atom. The number of nitrogens with one attached hydrogen (secondary N) is 1. The zero-order valence-electron chi connectivity index (χ0n) is 14.2. The molecule has 1 amide bonds. The Bertz CT molecular complexity index is 934. The molecule has 132 valence electrons. The maximum atomic E-state index is 12.8. The van der Waals surface area contributed by atoms with Gasteiger partial charge in [0.05, 0.1) is 22.7 Å². The van der Waals surface area contributed by atoms with Gasteiger partial charge in [0, 0.05) is 11.3 Å². The highest BCUT2D eigenvalue weighted by molar-refractivity contribution is 7.91. The minimum atomic E-state index is -3.07. The van der Waals surface area contributed by atoms with E-state index in [9.17, 15) is 13.2 Å². The number of para-hydroxylation sites is 1. The van der Waals surface area contributed by atoms with Crippen LogP contribution in [0.1, 0.15) is 41.5 Å². The number of aromatic nitrogens is 2. The summed E-state index contributed by atoms with van der Waals surface area (Å²) in [5.74, 6) is -0.152. The Morgan fingerprint density at radius 3 is 2.68 bits per heavy atom. The second-order valence-corrected chi connectivity index (χ2v) is 9.42. The fourth-order valence-electron chi connectivity index (χ4n) is 3.84. The maximum absolute atomic E-state index is 12.8. The minimum absolute atomic E-state index is 0.00662. The molecule has 1 aliphatic carbocycles. The van der Waals surface area contributed by atoms with Crippen LogP contribution in [0.25, 0.3) is 5.69 Å². The van der Waals surface area contributed by atoms with Crippen molar-refractivity contribution in [2.24, 2.45) is 0 Å². The predicted molar refractivity (Wildman–Crippen MR) is 94.7 cm³/mol. The monoisotopic (exact) mass is 359 g/mol. The molecule has 2 aliphatic rings. The largest absolute Gasteiger partial charge is 0.344 e. The number of amides is 1.